The van der Waals surface area contributed by atoms with Gasteiger partial charge in [0.05, 0.1) is 17.4 Å². The summed E-state index contributed by atoms with van der Waals surface area (Å²) < 4.78 is 19.7. The molecule has 0 saturated carbocycles. The Bertz CT molecular complexity index is 855. The number of ether oxygens (including phenoxy) is 1. The van der Waals surface area contributed by atoms with Crippen LogP contribution in [0.15, 0.2) is 18.3 Å². The summed E-state index contributed by atoms with van der Waals surface area (Å²) in [6.07, 6.45) is 3.48. The van der Waals surface area contributed by atoms with Gasteiger partial charge >= 0.3 is 0 Å². The molecule has 0 radical (unpaired) electrons. The van der Waals surface area contributed by atoms with E-state index in [1.807, 2.05) is 0 Å². The molecule has 1 aromatic heterocycles. The molecule has 1 amide bonds. The number of carbonyl (C=O) groups is 1. The molecule has 0 spiro atoms. The fraction of sp³-hybridized carbons (Fsp3) is 0.421. The Balaban J connectivity index is 1.83. The van der Waals surface area contributed by atoms with Crippen LogP contribution >= 0.6 is 0 Å². The summed E-state index contributed by atoms with van der Waals surface area (Å²) >= 11 is 0. The van der Waals surface area contributed by atoms with Crippen LogP contribution in [0.1, 0.15) is 28.8 Å². The van der Waals surface area contributed by atoms with Gasteiger partial charge in [0.25, 0.3) is 5.91 Å². The average Bonchev–Trinajstić information content (AvgIpc) is 2.71. The maximum atomic E-state index is 14.3. The number of benzene rings is 1. The van der Waals surface area contributed by atoms with Crippen molar-refractivity contribution in [3.63, 3.8) is 0 Å². The quantitative estimate of drug-likeness (QED) is 0.604. The van der Waals surface area contributed by atoms with Crippen molar-refractivity contribution in [2.45, 2.75) is 25.8 Å². The van der Waals surface area contributed by atoms with E-state index in [1.54, 1.807) is 20.2 Å². The van der Waals surface area contributed by atoms with E-state index in [0.717, 1.165) is 31.7 Å². The molecule has 0 bridgehead atoms. The lowest BCUT2D eigenvalue weighted by Gasteiger charge is -2.24. The lowest BCUT2D eigenvalue weighted by atomic mass is 10.1. The average molecular weight is 388 g/mol. The summed E-state index contributed by atoms with van der Waals surface area (Å²) in [7, 11) is 3.27. The van der Waals surface area contributed by atoms with Crippen molar-refractivity contribution < 1.29 is 13.9 Å². The Kier molecular flexibility index (Phi) is 6.25. The van der Waals surface area contributed by atoms with E-state index in [4.69, 9.17) is 4.74 Å². The van der Waals surface area contributed by atoms with E-state index >= 15 is 0 Å². The topological polar surface area (TPSA) is 100 Å². The van der Waals surface area contributed by atoms with E-state index in [2.05, 4.69) is 31.2 Å². The maximum Gasteiger partial charge on any atom is 0.254 e. The molecule has 150 valence electrons. The molecule has 1 saturated heterocycles. The van der Waals surface area contributed by atoms with Gasteiger partial charge in [0.1, 0.15) is 5.82 Å². The molecule has 28 heavy (non-hydrogen) atoms. The summed E-state index contributed by atoms with van der Waals surface area (Å²) in [4.78, 5) is 20.6. The zero-order valence-corrected chi connectivity index (χ0v) is 16.2. The first kappa shape index (κ1) is 19.8. The minimum absolute atomic E-state index is 0.00104. The number of aromatic nitrogens is 2. The smallest absolute Gasteiger partial charge is 0.254 e. The van der Waals surface area contributed by atoms with Gasteiger partial charge in [-0.1, -0.05) is 0 Å². The normalized spacial score (nSPS) is 14.4. The van der Waals surface area contributed by atoms with Gasteiger partial charge in [-0.25, -0.2) is 9.37 Å². The van der Waals surface area contributed by atoms with Gasteiger partial charge in [-0.2, -0.15) is 4.98 Å². The summed E-state index contributed by atoms with van der Waals surface area (Å²) in [5.74, 6) is -0.0691. The molecule has 0 unspecified atom stereocenters. The highest BCUT2D eigenvalue weighted by Crippen LogP contribution is 2.26. The number of amides is 1. The number of nitrogens with zero attached hydrogens (tertiary/aromatic N) is 2. The predicted molar refractivity (Wildman–Crippen MR) is 107 cm³/mol. The second kappa shape index (κ2) is 8.83. The van der Waals surface area contributed by atoms with Gasteiger partial charge in [-0.15, -0.1) is 0 Å². The fourth-order valence-corrected chi connectivity index (χ4v) is 3.02. The summed E-state index contributed by atoms with van der Waals surface area (Å²) in [5, 5.41) is 12.0. The molecule has 1 aromatic carbocycles. The van der Waals surface area contributed by atoms with E-state index < -0.39 is 11.7 Å². The molecule has 1 fully saturated rings. The van der Waals surface area contributed by atoms with Crippen LogP contribution < -0.4 is 21.3 Å². The summed E-state index contributed by atoms with van der Waals surface area (Å²) in [5.41, 5.74) is 1.98. The van der Waals surface area contributed by atoms with Crippen LogP contribution in [0.4, 0.5) is 27.5 Å². The monoisotopic (exact) mass is 388 g/mol. The molecule has 1 aliphatic rings. The zero-order chi connectivity index (χ0) is 20.1. The number of anilines is 4. The molecule has 2 heterocycles. The molecular weight excluding hydrogens is 363 g/mol. The highest BCUT2D eigenvalue weighted by molar-refractivity contribution is 5.95. The van der Waals surface area contributed by atoms with E-state index in [-0.39, 0.29) is 11.6 Å². The molecule has 1 aliphatic heterocycles. The zero-order valence-electron chi connectivity index (χ0n) is 16.2. The van der Waals surface area contributed by atoms with Crippen molar-refractivity contribution in [1.82, 2.24) is 15.3 Å². The highest BCUT2D eigenvalue weighted by Gasteiger charge is 2.17. The number of hydrogen-bond acceptors (Lipinski definition) is 7. The first-order valence-corrected chi connectivity index (χ1v) is 9.20. The van der Waals surface area contributed by atoms with Crippen LogP contribution in [-0.2, 0) is 4.74 Å². The van der Waals surface area contributed by atoms with Crippen molar-refractivity contribution in [2.24, 2.45) is 0 Å². The van der Waals surface area contributed by atoms with E-state index in [0.29, 0.717) is 23.0 Å². The third-order valence-electron chi connectivity index (χ3n) is 4.65. The Morgan fingerprint density at radius 1 is 1.21 bits per heavy atom. The van der Waals surface area contributed by atoms with Crippen molar-refractivity contribution in [2.75, 3.05) is 43.3 Å². The largest absolute Gasteiger partial charge is 0.384 e. The lowest BCUT2D eigenvalue weighted by molar-refractivity contribution is 0.0904. The second-order valence-corrected chi connectivity index (χ2v) is 6.59. The van der Waals surface area contributed by atoms with Gasteiger partial charge in [-0.05, 0) is 37.5 Å². The minimum atomic E-state index is -0.611. The molecule has 2 aromatic rings. The van der Waals surface area contributed by atoms with Crippen LogP contribution in [0.2, 0.25) is 0 Å². The Morgan fingerprint density at radius 2 is 1.96 bits per heavy atom. The molecule has 0 atom stereocenters. The molecular formula is C19H25FN6O2. The van der Waals surface area contributed by atoms with Crippen LogP contribution in [0.5, 0.6) is 0 Å². The van der Waals surface area contributed by atoms with Crippen molar-refractivity contribution in [3.8, 4) is 0 Å². The van der Waals surface area contributed by atoms with Gasteiger partial charge in [0.2, 0.25) is 5.95 Å². The van der Waals surface area contributed by atoms with Gasteiger partial charge in [0, 0.05) is 39.0 Å². The van der Waals surface area contributed by atoms with Crippen LogP contribution in [0, 0.1) is 12.7 Å². The van der Waals surface area contributed by atoms with Crippen LogP contribution in [0.3, 0.4) is 0 Å². The Morgan fingerprint density at radius 3 is 2.64 bits per heavy atom. The summed E-state index contributed by atoms with van der Waals surface area (Å²) in [6, 6.07) is 3.05. The number of carbonyl (C=O) groups excluding carboxylic acids is 1. The number of hydrogen-bond donors (Lipinski definition) is 4. The third kappa shape index (κ3) is 4.48. The van der Waals surface area contributed by atoms with E-state index in [1.165, 1.54) is 19.2 Å². The lowest BCUT2D eigenvalue weighted by Crippen LogP contribution is -2.28. The first-order valence-electron chi connectivity index (χ1n) is 9.20. The van der Waals surface area contributed by atoms with E-state index in [9.17, 15) is 9.18 Å². The molecule has 8 nitrogen and oxygen atoms in total. The molecule has 3 rings (SSSR count). The van der Waals surface area contributed by atoms with Gasteiger partial charge < -0.3 is 26.0 Å². The van der Waals surface area contributed by atoms with Crippen LogP contribution in [-0.4, -0.2) is 49.2 Å². The molecule has 4 N–H and O–H groups in total. The van der Waals surface area contributed by atoms with Gasteiger partial charge in [0.15, 0.2) is 5.82 Å². The second-order valence-electron chi connectivity index (χ2n) is 6.59. The van der Waals surface area contributed by atoms with Crippen molar-refractivity contribution in [3.05, 3.63) is 35.3 Å². The minimum Gasteiger partial charge on any atom is -0.384 e. The number of aryl methyl sites for hydroxylation is 1. The van der Waals surface area contributed by atoms with Crippen LogP contribution in [0.25, 0.3) is 0 Å². The number of rotatable bonds is 6. The number of halogens is 1. The molecule has 0 aliphatic carbocycles. The Labute approximate surface area is 163 Å². The first-order chi connectivity index (χ1) is 13.5. The van der Waals surface area contributed by atoms with Crippen molar-refractivity contribution in [1.29, 1.82) is 0 Å². The summed E-state index contributed by atoms with van der Waals surface area (Å²) in [6.45, 7) is 3.23. The third-order valence-corrected chi connectivity index (χ3v) is 4.65. The standard InChI is InChI=1S/C19H25FN6O2/c1-11-8-13(18(27)22-3)14(20)9-15(11)25-19-23-10-16(21-2)17(26-19)24-12-4-6-28-7-5-12/h8-10,12,21H,4-7H2,1-3H3,(H,22,27)(H2,23,24,25,26). The number of nitrogens with one attached hydrogen (secondary N) is 4. The van der Waals surface area contributed by atoms with Gasteiger partial charge in [-0.3, -0.25) is 4.79 Å². The predicted octanol–water partition coefficient (Wildman–Crippen LogP) is 2.66. The fourth-order valence-electron chi connectivity index (χ4n) is 3.02. The van der Waals surface area contributed by atoms with Crippen molar-refractivity contribution >= 4 is 29.0 Å². The Hall–Kier alpha value is -2.94. The SMILES string of the molecule is CNC(=O)c1cc(C)c(Nc2ncc(NC)c(NC3CCOCC3)n2)cc1F. The maximum absolute atomic E-state index is 14.3. The highest BCUT2D eigenvalue weighted by atomic mass is 19.1. The molecule has 9 heteroatoms.